The third-order valence-electron chi connectivity index (χ3n) is 4.89. The summed E-state index contributed by atoms with van der Waals surface area (Å²) in [5.74, 6) is 1.38. The summed E-state index contributed by atoms with van der Waals surface area (Å²) < 4.78 is 7.74. The lowest BCUT2D eigenvalue weighted by Gasteiger charge is -2.29. The fourth-order valence-electron chi connectivity index (χ4n) is 2.95. The predicted molar refractivity (Wildman–Crippen MR) is 106 cm³/mol. The summed E-state index contributed by atoms with van der Waals surface area (Å²) in [5, 5.41) is 28.4. The van der Waals surface area contributed by atoms with E-state index in [0.29, 0.717) is 11.6 Å². The van der Waals surface area contributed by atoms with E-state index in [1.54, 1.807) is 0 Å². The van der Waals surface area contributed by atoms with Gasteiger partial charge in [-0.3, -0.25) is 4.40 Å². The second-order valence-corrected chi connectivity index (χ2v) is 7.48. The molecule has 1 aromatic carbocycles. The maximum atomic E-state index is 9.88. The van der Waals surface area contributed by atoms with Gasteiger partial charge in [0.15, 0.2) is 11.5 Å². The number of nitrogens with zero attached hydrogens (tertiary/aromatic N) is 4. The fraction of sp³-hybridized carbons (Fsp3) is 0.286. The molecule has 0 unspecified atom stereocenters. The van der Waals surface area contributed by atoms with Crippen molar-refractivity contribution in [3.05, 3.63) is 54.7 Å². The number of hydrogen-bond donors (Lipinski definition) is 2. The van der Waals surface area contributed by atoms with E-state index in [-0.39, 0.29) is 13.2 Å². The number of rotatable bonds is 6. The van der Waals surface area contributed by atoms with E-state index in [4.69, 9.17) is 14.8 Å². The normalized spacial score (nSPS) is 13.1. The summed E-state index contributed by atoms with van der Waals surface area (Å²) in [6.45, 7) is 3.70. The van der Waals surface area contributed by atoms with Crippen LogP contribution < -0.4 is 4.74 Å². The minimum Gasteiger partial charge on any atom is -0.493 e. The quantitative estimate of drug-likeness (QED) is 0.536. The number of benzene rings is 1. The van der Waals surface area contributed by atoms with E-state index < -0.39 is 11.5 Å². The highest BCUT2D eigenvalue weighted by molar-refractivity contribution is 5.82. The van der Waals surface area contributed by atoms with Gasteiger partial charge in [-0.2, -0.15) is 0 Å². The summed E-state index contributed by atoms with van der Waals surface area (Å²) in [6, 6.07) is 15.3. The van der Waals surface area contributed by atoms with E-state index in [1.165, 1.54) is 0 Å². The molecule has 3 aromatic heterocycles. The van der Waals surface area contributed by atoms with Gasteiger partial charge in [0.2, 0.25) is 0 Å². The minimum absolute atomic E-state index is 0.289. The summed E-state index contributed by atoms with van der Waals surface area (Å²) in [6.07, 6.45) is 1.07. The average Bonchev–Trinajstić information content (AvgIpc) is 3.15. The van der Waals surface area contributed by atoms with Gasteiger partial charge in [0.25, 0.3) is 0 Å². The zero-order valence-corrected chi connectivity index (χ0v) is 15.8. The Bertz CT molecular complexity index is 1120. The molecule has 0 fully saturated rings. The van der Waals surface area contributed by atoms with Crippen molar-refractivity contribution in [1.82, 2.24) is 19.6 Å². The second-order valence-electron chi connectivity index (χ2n) is 7.48. The van der Waals surface area contributed by atoms with Crippen LogP contribution in [0.3, 0.4) is 0 Å². The molecule has 4 aromatic rings. The third kappa shape index (κ3) is 3.42. The molecule has 2 N–H and O–H groups in total. The molecular formula is C21H22N4O3. The van der Waals surface area contributed by atoms with Crippen molar-refractivity contribution in [3.8, 4) is 17.3 Å². The molecule has 3 heterocycles. The van der Waals surface area contributed by atoms with Crippen molar-refractivity contribution in [2.24, 2.45) is 5.41 Å². The second kappa shape index (κ2) is 7.18. The van der Waals surface area contributed by atoms with Crippen molar-refractivity contribution in [1.29, 1.82) is 0 Å². The van der Waals surface area contributed by atoms with Gasteiger partial charge >= 0.3 is 0 Å². The molecule has 0 aliphatic rings. The molecular weight excluding hydrogens is 356 g/mol. The summed E-state index contributed by atoms with van der Waals surface area (Å²) in [4.78, 5) is 4.71. The van der Waals surface area contributed by atoms with E-state index in [0.717, 1.165) is 22.2 Å². The molecule has 0 saturated heterocycles. The molecule has 0 saturated carbocycles. The van der Waals surface area contributed by atoms with Gasteiger partial charge in [-0.1, -0.05) is 26.0 Å². The van der Waals surface area contributed by atoms with Crippen LogP contribution in [0.15, 0.2) is 54.7 Å². The number of aliphatic hydroxyl groups excluding tert-OH is 2. The number of ether oxygens (including phenoxy) is 1. The number of aliphatic hydroxyl groups is 2. The molecule has 0 amide bonds. The molecule has 0 spiro atoms. The van der Waals surface area contributed by atoms with Crippen LogP contribution >= 0.6 is 0 Å². The monoisotopic (exact) mass is 378 g/mol. The van der Waals surface area contributed by atoms with E-state index in [1.807, 2.05) is 73.0 Å². The first-order valence-corrected chi connectivity index (χ1v) is 9.10. The molecule has 7 nitrogen and oxygen atoms in total. The SMILES string of the molecule is CC(C)(COc1ccc2nc(-c3nnc4ccccn34)ccc2c1)[C@@H](O)CO. The molecule has 0 aliphatic carbocycles. The van der Waals surface area contributed by atoms with Crippen LogP contribution in [0.4, 0.5) is 0 Å². The number of pyridine rings is 2. The molecule has 28 heavy (non-hydrogen) atoms. The first-order valence-electron chi connectivity index (χ1n) is 9.10. The Morgan fingerprint density at radius 2 is 1.96 bits per heavy atom. The first kappa shape index (κ1) is 18.3. The Kier molecular flexibility index (Phi) is 4.70. The third-order valence-corrected chi connectivity index (χ3v) is 4.89. The highest BCUT2D eigenvalue weighted by Gasteiger charge is 2.28. The van der Waals surface area contributed by atoms with Crippen LogP contribution in [-0.4, -0.2) is 49.1 Å². The summed E-state index contributed by atoms with van der Waals surface area (Å²) in [7, 11) is 0. The Balaban J connectivity index is 1.60. The van der Waals surface area contributed by atoms with Crippen molar-refractivity contribution < 1.29 is 14.9 Å². The molecule has 7 heteroatoms. The Hall–Kier alpha value is -3.03. The van der Waals surface area contributed by atoms with Crippen LogP contribution in [0.2, 0.25) is 0 Å². The van der Waals surface area contributed by atoms with Crippen molar-refractivity contribution in [2.75, 3.05) is 13.2 Å². The first-order chi connectivity index (χ1) is 13.5. The average molecular weight is 378 g/mol. The van der Waals surface area contributed by atoms with Crippen LogP contribution in [0.1, 0.15) is 13.8 Å². The Morgan fingerprint density at radius 3 is 2.79 bits per heavy atom. The van der Waals surface area contributed by atoms with Gasteiger partial charge in [-0.15, -0.1) is 10.2 Å². The topological polar surface area (TPSA) is 92.8 Å². The molecule has 0 radical (unpaired) electrons. The lowest BCUT2D eigenvalue weighted by atomic mass is 9.88. The van der Waals surface area contributed by atoms with Crippen LogP contribution in [0.25, 0.3) is 28.1 Å². The molecule has 1 atom stereocenters. The van der Waals surface area contributed by atoms with E-state index in [9.17, 15) is 5.11 Å². The van der Waals surface area contributed by atoms with Crippen molar-refractivity contribution >= 4 is 16.6 Å². The largest absolute Gasteiger partial charge is 0.493 e. The van der Waals surface area contributed by atoms with Crippen molar-refractivity contribution in [3.63, 3.8) is 0 Å². The molecule has 0 bridgehead atoms. The van der Waals surface area contributed by atoms with Gasteiger partial charge in [0, 0.05) is 17.0 Å². The Morgan fingerprint density at radius 1 is 1.11 bits per heavy atom. The van der Waals surface area contributed by atoms with Crippen LogP contribution in [0, 0.1) is 5.41 Å². The number of aromatic nitrogens is 4. The fourth-order valence-corrected chi connectivity index (χ4v) is 2.95. The lowest BCUT2D eigenvalue weighted by Crippen LogP contribution is -2.37. The zero-order chi connectivity index (χ0) is 19.7. The van der Waals surface area contributed by atoms with E-state index >= 15 is 0 Å². The summed E-state index contributed by atoms with van der Waals surface area (Å²) in [5.41, 5.74) is 1.79. The Labute approximate surface area is 162 Å². The standard InChI is InChI=1S/C21H22N4O3/c1-21(2,18(27)12-26)13-28-15-7-9-16-14(11-15)6-8-17(22-16)20-24-23-19-5-3-4-10-25(19)20/h3-11,18,26-27H,12-13H2,1-2H3/t18-/m0/s1. The van der Waals surface area contributed by atoms with Crippen LogP contribution in [-0.2, 0) is 0 Å². The maximum Gasteiger partial charge on any atom is 0.187 e. The number of fused-ring (bicyclic) bond motifs is 2. The lowest BCUT2D eigenvalue weighted by molar-refractivity contribution is -0.0198. The zero-order valence-electron chi connectivity index (χ0n) is 15.8. The minimum atomic E-state index is -0.838. The number of hydrogen-bond acceptors (Lipinski definition) is 6. The van der Waals surface area contributed by atoms with Crippen molar-refractivity contribution in [2.45, 2.75) is 20.0 Å². The molecule has 0 aliphatic heterocycles. The van der Waals surface area contributed by atoms with E-state index in [2.05, 4.69) is 10.2 Å². The molecule has 144 valence electrons. The predicted octanol–water partition coefficient (Wildman–Crippen LogP) is 2.70. The smallest absolute Gasteiger partial charge is 0.187 e. The van der Waals surface area contributed by atoms with Gasteiger partial charge in [-0.25, -0.2) is 4.98 Å². The summed E-state index contributed by atoms with van der Waals surface area (Å²) >= 11 is 0. The van der Waals surface area contributed by atoms with Gasteiger partial charge in [-0.05, 0) is 36.4 Å². The van der Waals surface area contributed by atoms with Gasteiger partial charge < -0.3 is 14.9 Å². The highest BCUT2D eigenvalue weighted by Crippen LogP contribution is 2.26. The molecule has 4 rings (SSSR count). The van der Waals surface area contributed by atoms with Crippen LogP contribution in [0.5, 0.6) is 5.75 Å². The van der Waals surface area contributed by atoms with Gasteiger partial charge in [0.05, 0.1) is 24.8 Å². The van der Waals surface area contributed by atoms with Gasteiger partial charge in [0.1, 0.15) is 11.4 Å². The maximum absolute atomic E-state index is 9.88. The highest BCUT2D eigenvalue weighted by atomic mass is 16.5.